The lowest BCUT2D eigenvalue weighted by molar-refractivity contribution is 0.0581. The summed E-state index contributed by atoms with van der Waals surface area (Å²) in [5, 5.41) is 10.5. The monoisotopic (exact) mass is 418 g/mol. The number of hydrogen-bond donors (Lipinski definition) is 2. The molecule has 1 aromatic carbocycles. The number of benzene rings is 1. The molecule has 5 rings (SSSR count). The fraction of sp³-hybridized carbons (Fsp3) is 0.333. The van der Waals surface area contributed by atoms with E-state index >= 15 is 0 Å². The van der Waals surface area contributed by atoms with Crippen LogP contribution in [0.1, 0.15) is 24.3 Å². The van der Waals surface area contributed by atoms with Crippen molar-refractivity contribution < 1.29 is 9.84 Å². The molecule has 1 saturated heterocycles. The highest BCUT2D eigenvalue weighted by atomic mass is 16.5. The van der Waals surface area contributed by atoms with Gasteiger partial charge in [0.15, 0.2) is 5.65 Å². The summed E-state index contributed by atoms with van der Waals surface area (Å²) in [7, 11) is 0. The number of nitrogens with one attached hydrogen (secondary N) is 1. The summed E-state index contributed by atoms with van der Waals surface area (Å²) < 4.78 is 7.51. The summed E-state index contributed by atoms with van der Waals surface area (Å²) in [6.45, 7) is 2.72. The second kappa shape index (κ2) is 8.53. The summed E-state index contributed by atoms with van der Waals surface area (Å²) in [5.41, 5.74) is 3.06. The Morgan fingerprint density at radius 3 is 2.71 bits per heavy atom. The van der Waals surface area contributed by atoms with Crippen LogP contribution in [0.5, 0.6) is 5.88 Å². The van der Waals surface area contributed by atoms with Gasteiger partial charge in [0.05, 0.1) is 5.52 Å². The van der Waals surface area contributed by atoms with Crippen molar-refractivity contribution in [3.63, 3.8) is 0 Å². The Morgan fingerprint density at radius 2 is 1.90 bits per heavy atom. The normalized spacial score (nSPS) is 16.7. The molecular weight excluding hydrogens is 392 g/mol. The van der Waals surface area contributed by atoms with E-state index in [4.69, 9.17) is 4.74 Å². The van der Waals surface area contributed by atoms with Gasteiger partial charge in [-0.1, -0.05) is 30.3 Å². The van der Waals surface area contributed by atoms with Crippen LogP contribution < -0.4 is 10.3 Å². The highest BCUT2D eigenvalue weighted by Gasteiger charge is 2.22. The third-order valence-electron chi connectivity index (χ3n) is 6.06. The van der Waals surface area contributed by atoms with Crippen molar-refractivity contribution in [3.05, 3.63) is 76.7 Å². The molecule has 0 amide bonds. The third kappa shape index (κ3) is 4.19. The van der Waals surface area contributed by atoms with Crippen molar-refractivity contribution in [2.24, 2.45) is 0 Å². The fourth-order valence-electron chi connectivity index (χ4n) is 4.44. The molecule has 7 nitrogen and oxygen atoms in total. The number of likely N-dealkylation sites (tertiary alicyclic amines) is 1. The zero-order valence-corrected chi connectivity index (χ0v) is 17.3. The molecule has 160 valence electrons. The minimum Gasteiger partial charge on any atom is -0.475 e. The van der Waals surface area contributed by atoms with Crippen molar-refractivity contribution in [3.8, 4) is 5.88 Å². The Labute approximate surface area is 179 Å². The van der Waals surface area contributed by atoms with Gasteiger partial charge in [-0.05, 0) is 55.6 Å². The van der Waals surface area contributed by atoms with Gasteiger partial charge in [-0.2, -0.15) is 4.98 Å². The fourth-order valence-corrected chi connectivity index (χ4v) is 4.44. The van der Waals surface area contributed by atoms with Crippen molar-refractivity contribution >= 4 is 16.7 Å². The van der Waals surface area contributed by atoms with Crippen LogP contribution in [0.2, 0.25) is 0 Å². The van der Waals surface area contributed by atoms with Crippen LogP contribution in [0, 0.1) is 0 Å². The molecule has 31 heavy (non-hydrogen) atoms. The lowest BCUT2D eigenvalue weighted by Gasteiger charge is -2.33. The molecular formula is C24H26N4O3. The molecule has 0 spiro atoms. The van der Waals surface area contributed by atoms with Gasteiger partial charge in [0.2, 0.25) is 5.88 Å². The van der Waals surface area contributed by atoms with E-state index in [1.807, 2.05) is 6.07 Å². The van der Waals surface area contributed by atoms with Crippen LogP contribution in [0.3, 0.4) is 0 Å². The Bertz CT molecular complexity index is 1230. The maximum atomic E-state index is 12.1. The Kier molecular flexibility index (Phi) is 5.44. The van der Waals surface area contributed by atoms with Crippen molar-refractivity contribution in [2.45, 2.75) is 24.9 Å². The number of aliphatic hydroxyl groups is 1. The van der Waals surface area contributed by atoms with E-state index in [0.717, 1.165) is 25.9 Å². The number of piperidine rings is 1. The van der Waals surface area contributed by atoms with Crippen molar-refractivity contribution in [1.82, 2.24) is 19.3 Å². The summed E-state index contributed by atoms with van der Waals surface area (Å²) in [6, 6.07) is 17.7. The average Bonchev–Trinajstić information content (AvgIpc) is 3.30. The third-order valence-corrected chi connectivity index (χ3v) is 6.06. The van der Waals surface area contributed by atoms with Gasteiger partial charge in [-0.25, -0.2) is 0 Å². The van der Waals surface area contributed by atoms with Crippen molar-refractivity contribution in [2.75, 3.05) is 26.2 Å². The average molecular weight is 418 g/mol. The second-order valence-corrected chi connectivity index (χ2v) is 8.19. The van der Waals surface area contributed by atoms with E-state index in [1.54, 1.807) is 28.8 Å². The summed E-state index contributed by atoms with van der Waals surface area (Å²) in [6.07, 6.45) is 3.43. The minimum absolute atomic E-state index is 0.153. The van der Waals surface area contributed by atoms with E-state index in [9.17, 15) is 9.90 Å². The van der Waals surface area contributed by atoms with Gasteiger partial charge < -0.3 is 19.7 Å². The molecule has 0 bridgehead atoms. The lowest BCUT2D eigenvalue weighted by atomic mass is 9.89. The Balaban J connectivity index is 1.17. The molecule has 0 aliphatic carbocycles. The standard InChI is InChI=1S/C24H26N4O3/c29-19(15-27-13-10-18(11-14-27)17-5-2-1-3-6-17)16-31-22-9-8-20-23(26-22)28-12-4-7-21(28)24(30)25-20/h1-9,12,18-19,29H,10-11,13-16H2,(H,25,30). The van der Waals surface area contributed by atoms with E-state index in [-0.39, 0.29) is 12.2 Å². The molecule has 1 aliphatic heterocycles. The number of fused-ring (bicyclic) bond motifs is 3. The highest BCUT2D eigenvalue weighted by Crippen LogP contribution is 2.27. The quantitative estimate of drug-likeness (QED) is 0.503. The van der Waals surface area contributed by atoms with Crippen LogP contribution >= 0.6 is 0 Å². The molecule has 2 N–H and O–H groups in total. The molecule has 1 atom stereocenters. The van der Waals surface area contributed by atoms with Crippen molar-refractivity contribution in [1.29, 1.82) is 0 Å². The first kappa shape index (κ1) is 19.8. The number of aliphatic hydroxyl groups excluding tert-OH is 1. The number of ether oxygens (including phenoxy) is 1. The maximum Gasteiger partial charge on any atom is 0.272 e. The lowest BCUT2D eigenvalue weighted by Crippen LogP contribution is -2.40. The predicted octanol–water partition coefficient (Wildman–Crippen LogP) is 2.80. The smallest absolute Gasteiger partial charge is 0.272 e. The number of rotatable bonds is 6. The molecule has 0 radical (unpaired) electrons. The van der Waals surface area contributed by atoms with Gasteiger partial charge in [0, 0.05) is 18.8 Å². The largest absolute Gasteiger partial charge is 0.475 e. The molecule has 0 saturated carbocycles. The van der Waals surface area contributed by atoms with E-state index in [0.29, 0.717) is 35.0 Å². The first-order valence-electron chi connectivity index (χ1n) is 10.8. The number of hydrogen-bond acceptors (Lipinski definition) is 5. The highest BCUT2D eigenvalue weighted by molar-refractivity contribution is 5.74. The van der Waals surface area contributed by atoms with E-state index in [2.05, 4.69) is 45.2 Å². The number of nitrogens with zero attached hydrogens (tertiary/aromatic N) is 3. The van der Waals surface area contributed by atoms with Gasteiger partial charge >= 0.3 is 0 Å². The maximum absolute atomic E-state index is 12.1. The van der Waals surface area contributed by atoms with Gasteiger partial charge in [-0.15, -0.1) is 0 Å². The van der Waals surface area contributed by atoms with Crippen LogP contribution in [-0.4, -0.2) is 56.7 Å². The molecule has 4 aromatic rings. The number of H-pyrrole nitrogens is 1. The van der Waals surface area contributed by atoms with Crippen LogP contribution in [0.25, 0.3) is 16.7 Å². The zero-order valence-electron chi connectivity index (χ0n) is 17.3. The second-order valence-electron chi connectivity index (χ2n) is 8.19. The van der Waals surface area contributed by atoms with E-state index in [1.165, 1.54) is 5.56 Å². The van der Waals surface area contributed by atoms with Crippen LogP contribution in [0.15, 0.2) is 65.6 Å². The Morgan fingerprint density at radius 1 is 1.10 bits per heavy atom. The molecule has 7 heteroatoms. The zero-order chi connectivity index (χ0) is 21.2. The first-order valence-corrected chi connectivity index (χ1v) is 10.8. The van der Waals surface area contributed by atoms with Crippen LogP contribution in [-0.2, 0) is 0 Å². The van der Waals surface area contributed by atoms with Gasteiger partial charge in [0.1, 0.15) is 18.2 Å². The number of aromatic amines is 1. The molecule has 1 fully saturated rings. The molecule has 1 aliphatic rings. The van der Waals surface area contributed by atoms with Crippen LogP contribution in [0.4, 0.5) is 0 Å². The van der Waals surface area contributed by atoms with Gasteiger partial charge in [0.25, 0.3) is 5.56 Å². The Hall–Kier alpha value is -3.16. The number of pyridine rings is 1. The summed E-state index contributed by atoms with van der Waals surface area (Å²) >= 11 is 0. The molecule has 4 heterocycles. The number of β-amino-alcohol motifs (C(OH)–C–C–N with tert-alkyl or cyclic N) is 1. The topological polar surface area (TPSA) is 82.9 Å². The molecule has 3 aromatic heterocycles. The van der Waals surface area contributed by atoms with Gasteiger partial charge in [-0.3, -0.25) is 9.20 Å². The SMILES string of the molecule is O=c1[nH]c2ccc(OCC(O)CN3CCC(c4ccccc4)CC3)nc2n2cccc12. The summed E-state index contributed by atoms with van der Waals surface area (Å²) in [5.74, 6) is 1.03. The van der Waals surface area contributed by atoms with E-state index < -0.39 is 6.10 Å². The first-order chi connectivity index (χ1) is 15.2. The summed E-state index contributed by atoms with van der Waals surface area (Å²) in [4.78, 5) is 21.7. The predicted molar refractivity (Wildman–Crippen MR) is 120 cm³/mol. The molecule has 1 unspecified atom stereocenters. The minimum atomic E-state index is -0.590. The number of aromatic nitrogens is 3.